The molecule has 2 aromatic carbocycles. The zero-order chi connectivity index (χ0) is 14.7. The highest BCUT2D eigenvalue weighted by molar-refractivity contribution is 9.10. The number of halogens is 3. The summed E-state index contributed by atoms with van der Waals surface area (Å²) < 4.78 is 14.3. The van der Waals surface area contributed by atoms with E-state index in [-0.39, 0.29) is 5.56 Å². The maximum absolute atomic E-state index is 13.5. The Hall–Kier alpha value is -1.59. The number of benzene rings is 2. The van der Waals surface area contributed by atoms with Crippen molar-refractivity contribution in [2.45, 2.75) is 6.54 Å². The van der Waals surface area contributed by atoms with E-state index in [2.05, 4.69) is 21.2 Å². The molecule has 2 aromatic rings. The summed E-state index contributed by atoms with van der Waals surface area (Å²) in [5.74, 6) is -2.02. The molecule has 0 unspecified atom stereocenters. The van der Waals surface area contributed by atoms with Crippen molar-refractivity contribution in [2.24, 2.45) is 0 Å². The normalized spacial score (nSPS) is 10.3. The zero-order valence-electron chi connectivity index (χ0n) is 10.2. The number of carbonyl (C=O) groups is 1. The second kappa shape index (κ2) is 6.24. The molecule has 0 atom stereocenters. The lowest BCUT2D eigenvalue weighted by molar-refractivity contribution is 0.0692. The van der Waals surface area contributed by atoms with Gasteiger partial charge >= 0.3 is 5.97 Å². The lowest BCUT2D eigenvalue weighted by Crippen LogP contribution is -2.04. The number of hydrogen-bond donors (Lipinski definition) is 2. The average molecular weight is 359 g/mol. The SMILES string of the molecule is O=C(O)c1ccc(CNc2ccc(Cl)cc2Br)cc1F. The summed E-state index contributed by atoms with van der Waals surface area (Å²) in [6, 6.07) is 9.32. The molecule has 2 rings (SSSR count). The maximum Gasteiger partial charge on any atom is 0.338 e. The monoisotopic (exact) mass is 357 g/mol. The molecule has 20 heavy (non-hydrogen) atoms. The Labute approximate surface area is 128 Å². The topological polar surface area (TPSA) is 49.3 Å². The van der Waals surface area contributed by atoms with Crippen molar-refractivity contribution in [3.05, 3.63) is 62.8 Å². The number of carboxylic acid groups (broad SMARTS) is 1. The van der Waals surface area contributed by atoms with Crippen LogP contribution in [0, 0.1) is 5.82 Å². The number of nitrogens with one attached hydrogen (secondary N) is 1. The first kappa shape index (κ1) is 14.8. The van der Waals surface area contributed by atoms with E-state index in [4.69, 9.17) is 16.7 Å². The summed E-state index contributed by atoms with van der Waals surface area (Å²) in [7, 11) is 0. The Bertz CT molecular complexity index is 664. The molecule has 0 aliphatic carbocycles. The quantitative estimate of drug-likeness (QED) is 0.843. The highest BCUT2D eigenvalue weighted by Crippen LogP contribution is 2.26. The lowest BCUT2D eigenvalue weighted by atomic mass is 10.1. The molecular weight excluding hydrogens is 349 g/mol. The van der Waals surface area contributed by atoms with E-state index in [9.17, 15) is 9.18 Å². The summed E-state index contributed by atoms with van der Waals surface area (Å²) >= 11 is 9.21. The van der Waals surface area contributed by atoms with Crippen LogP contribution in [0.5, 0.6) is 0 Å². The first-order valence-electron chi connectivity index (χ1n) is 5.68. The van der Waals surface area contributed by atoms with Crippen molar-refractivity contribution in [1.29, 1.82) is 0 Å². The zero-order valence-corrected chi connectivity index (χ0v) is 12.5. The van der Waals surface area contributed by atoms with Crippen LogP contribution in [-0.4, -0.2) is 11.1 Å². The minimum Gasteiger partial charge on any atom is -0.478 e. The third kappa shape index (κ3) is 3.49. The first-order valence-corrected chi connectivity index (χ1v) is 6.85. The van der Waals surface area contributed by atoms with Gasteiger partial charge < -0.3 is 10.4 Å². The summed E-state index contributed by atoms with van der Waals surface area (Å²) in [4.78, 5) is 10.7. The molecule has 0 spiro atoms. The van der Waals surface area contributed by atoms with E-state index in [1.54, 1.807) is 24.3 Å². The molecule has 104 valence electrons. The average Bonchev–Trinajstić information content (AvgIpc) is 2.37. The van der Waals surface area contributed by atoms with Crippen LogP contribution in [0.3, 0.4) is 0 Å². The fourth-order valence-corrected chi connectivity index (χ4v) is 2.50. The fraction of sp³-hybridized carbons (Fsp3) is 0.0714. The number of aromatic carboxylic acids is 1. The van der Waals surface area contributed by atoms with Crippen LogP contribution in [0.25, 0.3) is 0 Å². The van der Waals surface area contributed by atoms with Gasteiger partial charge in [0.05, 0.1) is 5.56 Å². The van der Waals surface area contributed by atoms with Gasteiger partial charge in [0.2, 0.25) is 0 Å². The highest BCUT2D eigenvalue weighted by Gasteiger charge is 2.10. The molecule has 0 amide bonds. The molecule has 6 heteroatoms. The van der Waals surface area contributed by atoms with E-state index in [0.29, 0.717) is 17.1 Å². The van der Waals surface area contributed by atoms with Crippen molar-refractivity contribution >= 4 is 39.2 Å². The van der Waals surface area contributed by atoms with Gasteiger partial charge in [0, 0.05) is 21.7 Å². The molecule has 0 saturated heterocycles. The third-order valence-electron chi connectivity index (χ3n) is 2.68. The Morgan fingerprint density at radius 2 is 2.05 bits per heavy atom. The van der Waals surface area contributed by atoms with Crippen molar-refractivity contribution in [2.75, 3.05) is 5.32 Å². The van der Waals surface area contributed by atoms with Crippen LogP contribution in [0.1, 0.15) is 15.9 Å². The second-order valence-corrected chi connectivity index (χ2v) is 5.39. The lowest BCUT2D eigenvalue weighted by Gasteiger charge is -2.09. The van der Waals surface area contributed by atoms with Crippen LogP contribution >= 0.6 is 27.5 Å². The van der Waals surface area contributed by atoms with Crippen LogP contribution in [0.4, 0.5) is 10.1 Å². The van der Waals surface area contributed by atoms with Gasteiger partial charge in [-0.05, 0) is 51.8 Å². The fourth-order valence-electron chi connectivity index (χ4n) is 1.67. The van der Waals surface area contributed by atoms with Gasteiger partial charge in [-0.2, -0.15) is 0 Å². The molecular formula is C14H10BrClFNO2. The van der Waals surface area contributed by atoms with Crippen LogP contribution < -0.4 is 5.32 Å². The number of hydrogen-bond acceptors (Lipinski definition) is 2. The minimum atomic E-state index is -1.28. The van der Waals surface area contributed by atoms with E-state index in [1.807, 2.05) is 0 Å². The predicted molar refractivity (Wildman–Crippen MR) is 79.8 cm³/mol. The second-order valence-electron chi connectivity index (χ2n) is 4.10. The van der Waals surface area contributed by atoms with Gasteiger partial charge in [-0.3, -0.25) is 0 Å². The van der Waals surface area contributed by atoms with Gasteiger partial charge in [0.25, 0.3) is 0 Å². The maximum atomic E-state index is 13.5. The van der Waals surface area contributed by atoms with E-state index in [0.717, 1.165) is 10.2 Å². The molecule has 0 aliphatic rings. The summed E-state index contributed by atoms with van der Waals surface area (Å²) in [5.41, 5.74) is 1.13. The molecule has 0 heterocycles. The number of rotatable bonds is 4. The van der Waals surface area contributed by atoms with E-state index >= 15 is 0 Å². The molecule has 3 nitrogen and oxygen atoms in total. The molecule has 0 aliphatic heterocycles. The Kier molecular flexibility index (Phi) is 4.62. The van der Waals surface area contributed by atoms with E-state index < -0.39 is 11.8 Å². The number of carboxylic acids is 1. The van der Waals surface area contributed by atoms with Crippen molar-refractivity contribution < 1.29 is 14.3 Å². The Balaban J connectivity index is 2.11. The van der Waals surface area contributed by atoms with Crippen molar-refractivity contribution in [3.63, 3.8) is 0 Å². The molecule has 0 radical (unpaired) electrons. The van der Waals surface area contributed by atoms with Crippen molar-refractivity contribution in [1.82, 2.24) is 0 Å². The molecule has 0 aromatic heterocycles. The van der Waals surface area contributed by atoms with Gasteiger partial charge in [0.15, 0.2) is 0 Å². The Morgan fingerprint density at radius 1 is 1.30 bits per heavy atom. The number of anilines is 1. The molecule has 0 saturated carbocycles. The third-order valence-corrected chi connectivity index (χ3v) is 3.57. The van der Waals surface area contributed by atoms with Gasteiger partial charge in [-0.25, -0.2) is 9.18 Å². The van der Waals surface area contributed by atoms with Crippen molar-refractivity contribution in [3.8, 4) is 0 Å². The summed E-state index contributed by atoms with van der Waals surface area (Å²) in [6.07, 6.45) is 0. The Morgan fingerprint density at radius 3 is 2.65 bits per heavy atom. The van der Waals surface area contributed by atoms with Gasteiger partial charge in [-0.15, -0.1) is 0 Å². The largest absolute Gasteiger partial charge is 0.478 e. The first-order chi connectivity index (χ1) is 9.47. The molecule has 2 N–H and O–H groups in total. The smallest absolute Gasteiger partial charge is 0.338 e. The van der Waals surface area contributed by atoms with Gasteiger partial charge in [-0.1, -0.05) is 17.7 Å². The minimum absolute atomic E-state index is 0.332. The van der Waals surface area contributed by atoms with E-state index in [1.165, 1.54) is 12.1 Å². The summed E-state index contributed by atoms with van der Waals surface area (Å²) in [5, 5.41) is 12.5. The van der Waals surface area contributed by atoms with Gasteiger partial charge in [0.1, 0.15) is 5.82 Å². The molecule has 0 bridgehead atoms. The van der Waals surface area contributed by atoms with Crippen LogP contribution in [0.2, 0.25) is 5.02 Å². The highest BCUT2D eigenvalue weighted by atomic mass is 79.9. The summed E-state index contributed by atoms with van der Waals surface area (Å²) in [6.45, 7) is 0.372. The standard InChI is InChI=1S/C14H10BrClFNO2/c15-11-6-9(16)2-4-13(11)18-7-8-1-3-10(14(19)20)12(17)5-8/h1-6,18H,7H2,(H,19,20). The molecule has 0 fully saturated rings. The predicted octanol–water partition coefficient (Wildman–Crippen LogP) is 4.55. The van der Waals surface area contributed by atoms with Crippen LogP contribution in [-0.2, 0) is 6.54 Å². The van der Waals surface area contributed by atoms with Crippen LogP contribution in [0.15, 0.2) is 40.9 Å².